The first kappa shape index (κ1) is 16.5. The monoisotopic (exact) mass is 359 g/mol. The topological polar surface area (TPSA) is 102 Å². The molecule has 0 saturated heterocycles. The highest BCUT2D eigenvalue weighted by Gasteiger charge is 2.10. The molecule has 3 aromatic carbocycles. The molecule has 4 rings (SSSR count). The summed E-state index contributed by atoms with van der Waals surface area (Å²) in [5.41, 5.74) is 2.86. The number of aromatic hydroxyl groups is 1. The van der Waals surface area contributed by atoms with Crippen LogP contribution >= 0.6 is 0 Å². The van der Waals surface area contributed by atoms with Gasteiger partial charge in [0.1, 0.15) is 11.3 Å². The van der Waals surface area contributed by atoms with Crippen LogP contribution in [0.1, 0.15) is 5.56 Å². The van der Waals surface area contributed by atoms with Gasteiger partial charge in [-0.3, -0.25) is 15.1 Å². The summed E-state index contributed by atoms with van der Waals surface area (Å²) in [6.45, 7) is 0. The molecule has 0 unspecified atom stereocenters. The number of nitro groups is 1. The van der Waals surface area contributed by atoms with Crippen LogP contribution in [0.15, 0.2) is 76.1 Å². The molecule has 0 spiro atoms. The predicted octanol–water partition coefficient (Wildman–Crippen LogP) is 4.86. The first-order valence-corrected chi connectivity index (χ1v) is 8.08. The van der Waals surface area contributed by atoms with Crippen LogP contribution in [0.4, 0.5) is 11.4 Å². The van der Waals surface area contributed by atoms with Gasteiger partial charge in [-0.1, -0.05) is 18.2 Å². The van der Waals surface area contributed by atoms with Crippen LogP contribution in [0.3, 0.4) is 0 Å². The molecular weight excluding hydrogens is 346 g/mol. The second kappa shape index (κ2) is 6.72. The number of phenols is 1. The van der Waals surface area contributed by atoms with Gasteiger partial charge in [0.2, 0.25) is 5.89 Å². The third-order valence-corrected chi connectivity index (χ3v) is 3.97. The lowest BCUT2D eigenvalue weighted by molar-refractivity contribution is -0.384. The van der Waals surface area contributed by atoms with Gasteiger partial charge in [-0.2, -0.15) is 0 Å². The standard InChI is InChI=1S/C20H13N3O4/c24-18-9-7-16(23(25)26)10-14(18)12-21-15-6-8-17-19(11-15)27-20(22-17)13-4-2-1-3-5-13/h1-12,24H. The van der Waals surface area contributed by atoms with Gasteiger partial charge in [0.25, 0.3) is 5.69 Å². The maximum absolute atomic E-state index is 10.9. The number of hydrogen-bond donors (Lipinski definition) is 1. The molecule has 0 fully saturated rings. The van der Waals surface area contributed by atoms with Gasteiger partial charge >= 0.3 is 0 Å². The largest absolute Gasteiger partial charge is 0.507 e. The molecule has 1 N–H and O–H groups in total. The lowest BCUT2D eigenvalue weighted by atomic mass is 10.2. The van der Waals surface area contributed by atoms with E-state index in [0.29, 0.717) is 22.7 Å². The molecule has 0 saturated carbocycles. The molecule has 0 amide bonds. The Morgan fingerprint density at radius 2 is 1.89 bits per heavy atom. The minimum Gasteiger partial charge on any atom is -0.507 e. The van der Waals surface area contributed by atoms with Crippen LogP contribution in [0.25, 0.3) is 22.6 Å². The van der Waals surface area contributed by atoms with Crippen LogP contribution < -0.4 is 0 Å². The molecule has 7 nitrogen and oxygen atoms in total. The van der Waals surface area contributed by atoms with Crippen LogP contribution in [-0.2, 0) is 0 Å². The van der Waals surface area contributed by atoms with Crippen molar-refractivity contribution < 1.29 is 14.4 Å². The second-order valence-electron chi connectivity index (χ2n) is 5.80. The van der Waals surface area contributed by atoms with Crippen molar-refractivity contribution in [2.24, 2.45) is 4.99 Å². The summed E-state index contributed by atoms with van der Waals surface area (Å²) in [7, 11) is 0. The molecule has 0 radical (unpaired) electrons. The highest BCUT2D eigenvalue weighted by molar-refractivity contribution is 5.87. The first-order valence-electron chi connectivity index (χ1n) is 8.08. The van der Waals surface area contributed by atoms with Crippen LogP contribution in [-0.4, -0.2) is 21.2 Å². The maximum Gasteiger partial charge on any atom is 0.270 e. The molecule has 7 heteroatoms. The van der Waals surface area contributed by atoms with Gasteiger partial charge in [-0.15, -0.1) is 0 Å². The summed E-state index contributed by atoms with van der Waals surface area (Å²) < 4.78 is 5.80. The molecule has 27 heavy (non-hydrogen) atoms. The molecule has 0 aliphatic heterocycles. The van der Waals surface area contributed by atoms with Crippen molar-refractivity contribution in [3.63, 3.8) is 0 Å². The zero-order valence-corrected chi connectivity index (χ0v) is 13.9. The normalized spacial score (nSPS) is 11.3. The third kappa shape index (κ3) is 3.38. The quantitative estimate of drug-likeness (QED) is 0.318. The number of nitrogens with zero attached hydrogens (tertiary/aromatic N) is 3. The Kier molecular flexibility index (Phi) is 4.10. The number of non-ortho nitro benzene ring substituents is 1. The Morgan fingerprint density at radius 1 is 1.07 bits per heavy atom. The maximum atomic E-state index is 10.9. The lowest BCUT2D eigenvalue weighted by Crippen LogP contribution is -1.90. The summed E-state index contributed by atoms with van der Waals surface area (Å²) >= 11 is 0. The van der Waals surface area contributed by atoms with Crippen LogP contribution in [0.2, 0.25) is 0 Å². The number of phenolic OH excluding ortho intramolecular Hbond substituents is 1. The number of fused-ring (bicyclic) bond motifs is 1. The van der Waals surface area contributed by atoms with Crippen molar-refractivity contribution in [3.8, 4) is 17.2 Å². The highest BCUT2D eigenvalue weighted by Crippen LogP contribution is 2.28. The van der Waals surface area contributed by atoms with E-state index in [-0.39, 0.29) is 17.0 Å². The van der Waals surface area contributed by atoms with Crippen molar-refractivity contribution in [3.05, 3.63) is 82.4 Å². The van der Waals surface area contributed by atoms with Gasteiger partial charge in [0.15, 0.2) is 5.58 Å². The van der Waals surface area contributed by atoms with Gasteiger partial charge < -0.3 is 9.52 Å². The summed E-state index contributed by atoms with van der Waals surface area (Å²) in [5, 5.41) is 20.7. The molecule has 132 valence electrons. The Labute approximate surface area is 153 Å². The summed E-state index contributed by atoms with van der Waals surface area (Å²) in [4.78, 5) is 19.1. The molecule has 0 bridgehead atoms. The van der Waals surface area contributed by atoms with Gasteiger partial charge in [-0.05, 0) is 30.3 Å². The number of rotatable bonds is 4. The molecule has 0 aliphatic carbocycles. The zero-order valence-electron chi connectivity index (χ0n) is 13.9. The highest BCUT2D eigenvalue weighted by atomic mass is 16.6. The van der Waals surface area contributed by atoms with E-state index in [1.54, 1.807) is 18.2 Å². The minimum atomic E-state index is -0.525. The van der Waals surface area contributed by atoms with E-state index in [2.05, 4.69) is 9.98 Å². The Morgan fingerprint density at radius 3 is 2.67 bits per heavy atom. The van der Waals surface area contributed by atoms with Crippen LogP contribution in [0, 0.1) is 10.1 Å². The average molecular weight is 359 g/mol. The van der Waals surface area contributed by atoms with Gasteiger partial charge in [-0.25, -0.2) is 4.98 Å². The molecular formula is C20H13N3O4. The molecule has 1 heterocycles. The summed E-state index contributed by atoms with van der Waals surface area (Å²) in [6, 6.07) is 18.6. The third-order valence-electron chi connectivity index (χ3n) is 3.97. The van der Waals surface area contributed by atoms with Crippen molar-refractivity contribution in [2.75, 3.05) is 0 Å². The number of hydrogen-bond acceptors (Lipinski definition) is 6. The number of aromatic nitrogens is 1. The Hall–Kier alpha value is -4.00. The number of benzene rings is 3. The van der Waals surface area contributed by atoms with Gasteiger partial charge in [0.05, 0.1) is 10.6 Å². The lowest BCUT2D eigenvalue weighted by Gasteiger charge is -1.99. The minimum absolute atomic E-state index is 0.0866. The van der Waals surface area contributed by atoms with E-state index in [1.807, 2.05) is 30.3 Å². The molecule has 4 aromatic rings. The smallest absolute Gasteiger partial charge is 0.270 e. The number of aliphatic imine (C=N–C) groups is 1. The van der Waals surface area contributed by atoms with E-state index < -0.39 is 4.92 Å². The van der Waals surface area contributed by atoms with Crippen molar-refractivity contribution >= 4 is 28.7 Å². The number of oxazole rings is 1. The fraction of sp³-hybridized carbons (Fsp3) is 0. The van der Waals surface area contributed by atoms with Crippen molar-refractivity contribution in [1.29, 1.82) is 0 Å². The number of nitro benzene ring substituents is 1. The van der Waals surface area contributed by atoms with E-state index in [0.717, 1.165) is 5.56 Å². The average Bonchev–Trinajstić information content (AvgIpc) is 3.11. The zero-order chi connectivity index (χ0) is 18.8. The second-order valence-corrected chi connectivity index (χ2v) is 5.80. The molecule has 0 atom stereocenters. The van der Waals surface area contributed by atoms with E-state index in [9.17, 15) is 15.2 Å². The SMILES string of the molecule is O=[N+]([O-])c1ccc(O)c(C=Nc2ccc3nc(-c4ccccc4)oc3c2)c1. The fourth-order valence-electron chi connectivity index (χ4n) is 2.60. The summed E-state index contributed by atoms with van der Waals surface area (Å²) in [5.74, 6) is 0.430. The van der Waals surface area contributed by atoms with E-state index in [1.165, 1.54) is 24.4 Å². The fourth-order valence-corrected chi connectivity index (χ4v) is 2.60. The first-order chi connectivity index (χ1) is 13.1. The summed E-state index contributed by atoms with van der Waals surface area (Å²) in [6.07, 6.45) is 1.37. The van der Waals surface area contributed by atoms with Crippen molar-refractivity contribution in [1.82, 2.24) is 4.98 Å². The molecule has 0 aliphatic rings. The predicted molar refractivity (Wildman–Crippen MR) is 101 cm³/mol. The van der Waals surface area contributed by atoms with Gasteiger partial charge in [0, 0.05) is 35.5 Å². The van der Waals surface area contributed by atoms with Crippen molar-refractivity contribution in [2.45, 2.75) is 0 Å². The van der Waals surface area contributed by atoms with Crippen LogP contribution in [0.5, 0.6) is 5.75 Å². The van der Waals surface area contributed by atoms with E-state index >= 15 is 0 Å². The Bertz CT molecular complexity index is 1170. The molecule has 1 aromatic heterocycles. The van der Waals surface area contributed by atoms with E-state index in [4.69, 9.17) is 4.42 Å². The Balaban J connectivity index is 1.66.